The van der Waals surface area contributed by atoms with Gasteiger partial charge in [0.15, 0.2) is 11.4 Å². The summed E-state index contributed by atoms with van der Waals surface area (Å²) in [6.45, 7) is 1.34. The van der Waals surface area contributed by atoms with Crippen LogP contribution in [0.4, 0.5) is 5.82 Å². The number of anilines is 1. The number of amides is 1. The molecule has 0 bridgehead atoms. The molecule has 3 aromatic rings. The Kier molecular flexibility index (Phi) is 5.40. The van der Waals surface area contributed by atoms with Crippen molar-refractivity contribution in [3.05, 3.63) is 58.4 Å². The van der Waals surface area contributed by atoms with Crippen molar-refractivity contribution in [2.75, 3.05) is 18.0 Å². The minimum atomic E-state index is -0.554. The molecule has 9 heteroatoms. The van der Waals surface area contributed by atoms with Gasteiger partial charge in [-0.3, -0.25) is 4.79 Å². The SMILES string of the molecule is N#Cc1ccc(CNC(=O)c2ncc3nc(N4CCC(O)C4)ccc3c2O)c(Cl)c1. The number of aromatic hydroxyl groups is 1. The lowest BCUT2D eigenvalue weighted by Gasteiger charge is -2.17. The maximum atomic E-state index is 12.5. The number of hydrogen-bond acceptors (Lipinski definition) is 7. The van der Waals surface area contributed by atoms with Crippen LogP contribution >= 0.6 is 11.6 Å². The third-order valence-electron chi connectivity index (χ3n) is 5.03. The molecule has 3 N–H and O–H groups in total. The molecule has 1 atom stereocenters. The van der Waals surface area contributed by atoms with Crippen LogP contribution < -0.4 is 10.2 Å². The molecule has 30 heavy (non-hydrogen) atoms. The number of benzene rings is 1. The number of fused-ring (bicyclic) bond motifs is 1. The number of aliphatic hydroxyl groups is 1. The van der Waals surface area contributed by atoms with Crippen molar-refractivity contribution in [3.63, 3.8) is 0 Å². The van der Waals surface area contributed by atoms with Crippen molar-refractivity contribution in [1.82, 2.24) is 15.3 Å². The van der Waals surface area contributed by atoms with E-state index in [2.05, 4.69) is 15.3 Å². The Labute approximate surface area is 177 Å². The molecule has 0 saturated carbocycles. The van der Waals surface area contributed by atoms with Gasteiger partial charge >= 0.3 is 0 Å². The third-order valence-corrected chi connectivity index (χ3v) is 5.38. The highest BCUT2D eigenvalue weighted by Crippen LogP contribution is 2.29. The topological polar surface area (TPSA) is 122 Å². The second-order valence-electron chi connectivity index (χ2n) is 7.05. The number of β-amino-alcohol motifs (C(OH)–C–C–N with tert-alkyl or cyclic N) is 1. The number of halogens is 1. The first-order valence-electron chi connectivity index (χ1n) is 9.34. The van der Waals surface area contributed by atoms with Gasteiger partial charge in [0.05, 0.1) is 29.5 Å². The molecule has 1 aromatic carbocycles. The van der Waals surface area contributed by atoms with Crippen LogP contribution in [0.1, 0.15) is 28.0 Å². The minimum Gasteiger partial charge on any atom is -0.505 e. The molecule has 1 saturated heterocycles. The summed E-state index contributed by atoms with van der Waals surface area (Å²) in [6.07, 6.45) is 1.75. The fraction of sp³-hybridized carbons (Fsp3) is 0.238. The van der Waals surface area contributed by atoms with Crippen molar-refractivity contribution >= 4 is 34.2 Å². The van der Waals surface area contributed by atoms with Crippen LogP contribution in [0.25, 0.3) is 10.9 Å². The summed E-state index contributed by atoms with van der Waals surface area (Å²) in [5, 5.41) is 32.6. The van der Waals surface area contributed by atoms with E-state index in [0.717, 1.165) is 0 Å². The molecule has 0 aliphatic carbocycles. The van der Waals surface area contributed by atoms with Gasteiger partial charge in [0.1, 0.15) is 5.82 Å². The van der Waals surface area contributed by atoms with Gasteiger partial charge in [-0.2, -0.15) is 5.26 Å². The van der Waals surface area contributed by atoms with Gasteiger partial charge in [0, 0.05) is 30.0 Å². The van der Waals surface area contributed by atoms with Gasteiger partial charge in [-0.25, -0.2) is 9.97 Å². The third kappa shape index (κ3) is 3.85. The van der Waals surface area contributed by atoms with Crippen molar-refractivity contribution in [1.29, 1.82) is 5.26 Å². The van der Waals surface area contributed by atoms with E-state index >= 15 is 0 Å². The molecule has 3 heterocycles. The number of rotatable bonds is 4. The zero-order valence-corrected chi connectivity index (χ0v) is 16.6. The Bertz CT molecular complexity index is 1180. The van der Waals surface area contributed by atoms with E-state index in [1.165, 1.54) is 12.3 Å². The monoisotopic (exact) mass is 423 g/mol. The van der Waals surface area contributed by atoms with E-state index < -0.39 is 5.91 Å². The Balaban J connectivity index is 1.53. The van der Waals surface area contributed by atoms with Gasteiger partial charge in [-0.1, -0.05) is 17.7 Å². The first-order valence-corrected chi connectivity index (χ1v) is 9.72. The fourth-order valence-electron chi connectivity index (χ4n) is 3.39. The molecule has 4 rings (SSSR count). The number of carbonyl (C=O) groups is 1. The predicted octanol–water partition coefficient (Wildman–Crippen LogP) is 2.36. The Hall–Kier alpha value is -3.41. The summed E-state index contributed by atoms with van der Waals surface area (Å²) in [4.78, 5) is 23.1. The number of nitriles is 1. The standard InChI is InChI=1S/C21H18ClN5O3/c22-16-7-12(8-23)1-2-13(16)9-25-21(30)19-20(29)15-3-4-18(26-17(15)10-24-19)27-6-5-14(28)11-27/h1-4,7,10,14,28-29H,5-6,9,11H2,(H,25,30). The number of nitrogens with one attached hydrogen (secondary N) is 1. The fourth-order valence-corrected chi connectivity index (χ4v) is 3.64. The second-order valence-corrected chi connectivity index (χ2v) is 7.45. The van der Waals surface area contributed by atoms with Crippen LogP contribution in [0.2, 0.25) is 5.02 Å². The van der Waals surface area contributed by atoms with Gasteiger partial charge in [-0.05, 0) is 36.2 Å². The van der Waals surface area contributed by atoms with E-state index in [-0.39, 0.29) is 24.1 Å². The molecular formula is C21H18ClN5O3. The predicted molar refractivity (Wildman–Crippen MR) is 111 cm³/mol. The second kappa shape index (κ2) is 8.14. The normalized spacial score (nSPS) is 15.9. The summed E-state index contributed by atoms with van der Waals surface area (Å²) in [7, 11) is 0. The molecule has 0 radical (unpaired) electrons. The molecule has 1 unspecified atom stereocenters. The number of pyridine rings is 2. The maximum Gasteiger partial charge on any atom is 0.274 e. The lowest BCUT2D eigenvalue weighted by Crippen LogP contribution is -2.24. The summed E-state index contributed by atoms with van der Waals surface area (Å²) in [5.41, 5.74) is 1.42. The van der Waals surface area contributed by atoms with Gasteiger partial charge < -0.3 is 20.4 Å². The maximum absolute atomic E-state index is 12.5. The number of aromatic nitrogens is 2. The summed E-state index contributed by atoms with van der Waals surface area (Å²) in [5.74, 6) is -0.120. The van der Waals surface area contributed by atoms with Gasteiger partial charge in [0.25, 0.3) is 5.91 Å². The van der Waals surface area contributed by atoms with Crippen LogP contribution in [-0.4, -0.2) is 45.3 Å². The first-order chi connectivity index (χ1) is 14.5. The lowest BCUT2D eigenvalue weighted by molar-refractivity contribution is 0.0943. The van der Waals surface area contributed by atoms with Crippen LogP contribution in [0.15, 0.2) is 36.5 Å². The van der Waals surface area contributed by atoms with Crippen LogP contribution in [-0.2, 0) is 6.54 Å². The highest BCUT2D eigenvalue weighted by Gasteiger charge is 2.22. The highest BCUT2D eigenvalue weighted by molar-refractivity contribution is 6.31. The quantitative estimate of drug-likeness (QED) is 0.588. The highest BCUT2D eigenvalue weighted by atomic mass is 35.5. The molecule has 8 nitrogen and oxygen atoms in total. The zero-order valence-electron chi connectivity index (χ0n) is 15.8. The van der Waals surface area contributed by atoms with Crippen molar-refractivity contribution in [3.8, 4) is 11.8 Å². The molecule has 2 aromatic heterocycles. The van der Waals surface area contributed by atoms with E-state index in [0.29, 0.717) is 52.4 Å². The van der Waals surface area contributed by atoms with Gasteiger partial charge in [0.2, 0.25) is 0 Å². The van der Waals surface area contributed by atoms with E-state index in [1.54, 1.807) is 24.3 Å². The Morgan fingerprint density at radius 1 is 1.37 bits per heavy atom. The summed E-state index contributed by atoms with van der Waals surface area (Å²) < 4.78 is 0. The number of aliphatic hydroxyl groups excluding tert-OH is 1. The summed E-state index contributed by atoms with van der Waals surface area (Å²) >= 11 is 6.13. The smallest absolute Gasteiger partial charge is 0.274 e. The molecule has 1 aliphatic heterocycles. The average molecular weight is 424 g/mol. The number of nitrogens with zero attached hydrogens (tertiary/aromatic N) is 4. The van der Waals surface area contributed by atoms with Crippen LogP contribution in [0.5, 0.6) is 5.75 Å². The van der Waals surface area contributed by atoms with Gasteiger partial charge in [-0.15, -0.1) is 0 Å². The largest absolute Gasteiger partial charge is 0.505 e. The van der Waals surface area contributed by atoms with Crippen LogP contribution in [0.3, 0.4) is 0 Å². The van der Waals surface area contributed by atoms with E-state index in [1.807, 2.05) is 11.0 Å². The first kappa shape index (κ1) is 19.9. The molecule has 1 amide bonds. The molecule has 0 spiro atoms. The zero-order chi connectivity index (χ0) is 21.3. The average Bonchev–Trinajstić information content (AvgIpc) is 3.19. The van der Waals surface area contributed by atoms with E-state index in [4.69, 9.17) is 16.9 Å². The van der Waals surface area contributed by atoms with Crippen molar-refractivity contribution in [2.45, 2.75) is 19.1 Å². The molecule has 1 aliphatic rings. The van der Waals surface area contributed by atoms with Crippen molar-refractivity contribution in [2.24, 2.45) is 0 Å². The van der Waals surface area contributed by atoms with E-state index in [9.17, 15) is 15.0 Å². The number of carbonyl (C=O) groups excluding carboxylic acids is 1. The molecule has 152 valence electrons. The Morgan fingerprint density at radius 3 is 2.90 bits per heavy atom. The molecular weight excluding hydrogens is 406 g/mol. The summed E-state index contributed by atoms with van der Waals surface area (Å²) in [6, 6.07) is 10.2. The van der Waals surface area contributed by atoms with Crippen LogP contribution in [0, 0.1) is 11.3 Å². The molecule has 1 fully saturated rings. The lowest BCUT2D eigenvalue weighted by atomic mass is 10.1. The Morgan fingerprint density at radius 2 is 2.20 bits per heavy atom. The number of hydrogen-bond donors (Lipinski definition) is 3. The minimum absolute atomic E-state index is 0.113. The van der Waals surface area contributed by atoms with Crippen molar-refractivity contribution < 1.29 is 15.0 Å².